The minimum absolute atomic E-state index is 0.0434. The Balaban J connectivity index is 2.28. The molecule has 98 valence electrons. The van der Waals surface area contributed by atoms with Gasteiger partial charge in [0.2, 0.25) is 0 Å². The predicted octanol–water partition coefficient (Wildman–Crippen LogP) is 2.67. The van der Waals surface area contributed by atoms with Crippen molar-refractivity contribution in [1.29, 1.82) is 0 Å². The number of halogens is 1. The summed E-state index contributed by atoms with van der Waals surface area (Å²) in [5.41, 5.74) is 6.68. The Labute approximate surface area is 109 Å². The summed E-state index contributed by atoms with van der Waals surface area (Å²) in [6.07, 6.45) is 0. The summed E-state index contributed by atoms with van der Waals surface area (Å²) in [4.78, 5) is 12.0. The largest absolute Gasteiger partial charge is 0.505 e. The van der Waals surface area contributed by atoms with Crippen molar-refractivity contribution in [3.05, 3.63) is 53.3 Å². The van der Waals surface area contributed by atoms with E-state index in [2.05, 4.69) is 5.32 Å². The number of amides is 1. The minimum Gasteiger partial charge on any atom is -0.505 e. The molecule has 0 heterocycles. The molecule has 0 aliphatic carbocycles. The predicted molar refractivity (Wildman–Crippen MR) is 71.6 cm³/mol. The molecule has 2 rings (SSSR count). The fraction of sp³-hybridized carbons (Fsp3) is 0.0714. The van der Waals surface area contributed by atoms with Crippen LogP contribution in [0.5, 0.6) is 5.75 Å². The number of para-hydroxylation sites is 1. The molecule has 2 aromatic rings. The third-order valence-corrected chi connectivity index (χ3v) is 2.61. The number of carbonyl (C=O) groups excluding carboxylic acids is 1. The van der Waals surface area contributed by atoms with Crippen LogP contribution < -0.4 is 11.1 Å². The van der Waals surface area contributed by atoms with E-state index in [-0.39, 0.29) is 17.0 Å². The number of hydrogen-bond donors (Lipinski definition) is 3. The fourth-order valence-corrected chi connectivity index (χ4v) is 1.75. The number of carbonyl (C=O) groups is 1. The average molecular weight is 260 g/mol. The Morgan fingerprint density at radius 1 is 1.32 bits per heavy atom. The first-order valence-corrected chi connectivity index (χ1v) is 5.63. The van der Waals surface area contributed by atoms with Gasteiger partial charge < -0.3 is 16.2 Å². The molecule has 0 aliphatic rings. The molecule has 4 nitrogen and oxygen atoms in total. The van der Waals surface area contributed by atoms with Crippen LogP contribution >= 0.6 is 0 Å². The van der Waals surface area contributed by atoms with E-state index < -0.39 is 11.7 Å². The van der Waals surface area contributed by atoms with E-state index in [0.29, 0.717) is 11.3 Å². The molecule has 0 unspecified atom stereocenters. The Morgan fingerprint density at radius 3 is 2.74 bits per heavy atom. The first-order valence-electron chi connectivity index (χ1n) is 5.63. The highest BCUT2D eigenvalue weighted by Crippen LogP contribution is 2.25. The Bertz CT molecular complexity index is 621. The van der Waals surface area contributed by atoms with E-state index in [1.807, 2.05) is 0 Å². The van der Waals surface area contributed by atoms with Gasteiger partial charge in [-0.05, 0) is 42.8 Å². The Hall–Kier alpha value is -2.56. The highest BCUT2D eigenvalue weighted by atomic mass is 19.1. The molecule has 2 aromatic carbocycles. The van der Waals surface area contributed by atoms with Gasteiger partial charge in [-0.2, -0.15) is 0 Å². The molecule has 0 radical (unpaired) electrons. The van der Waals surface area contributed by atoms with Gasteiger partial charge in [-0.25, -0.2) is 4.39 Å². The Kier molecular flexibility index (Phi) is 3.37. The first-order chi connectivity index (χ1) is 8.97. The molecule has 5 heteroatoms. The molecule has 0 aliphatic heterocycles. The number of hydrogen-bond acceptors (Lipinski definition) is 3. The second-order valence-corrected chi connectivity index (χ2v) is 4.21. The zero-order chi connectivity index (χ0) is 14.0. The van der Waals surface area contributed by atoms with E-state index in [9.17, 15) is 14.3 Å². The summed E-state index contributed by atoms with van der Waals surface area (Å²) in [6, 6.07) is 8.67. The van der Waals surface area contributed by atoms with Crippen LogP contribution in [0.4, 0.5) is 15.8 Å². The van der Waals surface area contributed by atoms with E-state index in [1.165, 1.54) is 24.3 Å². The zero-order valence-electron chi connectivity index (χ0n) is 10.3. The number of phenols is 1. The molecular weight excluding hydrogens is 247 g/mol. The van der Waals surface area contributed by atoms with Crippen LogP contribution in [-0.2, 0) is 0 Å². The molecule has 0 spiro atoms. The molecule has 1 amide bonds. The number of nitrogens with two attached hydrogens (primary N) is 1. The number of anilines is 2. The van der Waals surface area contributed by atoms with Crippen LogP contribution in [-0.4, -0.2) is 11.0 Å². The molecule has 19 heavy (non-hydrogen) atoms. The summed E-state index contributed by atoms with van der Waals surface area (Å²) >= 11 is 0. The van der Waals surface area contributed by atoms with Gasteiger partial charge >= 0.3 is 0 Å². The molecule has 4 N–H and O–H groups in total. The van der Waals surface area contributed by atoms with E-state index >= 15 is 0 Å². The normalized spacial score (nSPS) is 10.2. The molecule has 0 saturated carbocycles. The molecule has 0 aromatic heterocycles. The SMILES string of the molecule is Cc1cc(F)cc(NC(=O)c2cccc(N)c2O)c1. The van der Waals surface area contributed by atoms with Crippen LogP contribution in [0.2, 0.25) is 0 Å². The van der Waals surface area contributed by atoms with E-state index in [4.69, 9.17) is 5.73 Å². The number of phenolic OH excluding ortho intramolecular Hbond substituents is 1. The lowest BCUT2D eigenvalue weighted by molar-refractivity contribution is 0.102. The number of rotatable bonds is 2. The summed E-state index contributed by atoms with van der Waals surface area (Å²) in [7, 11) is 0. The minimum atomic E-state index is -0.546. The van der Waals surface area contributed by atoms with Gasteiger partial charge in [0, 0.05) is 5.69 Å². The maximum absolute atomic E-state index is 13.2. The molecule has 0 bridgehead atoms. The lowest BCUT2D eigenvalue weighted by atomic mass is 10.1. The van der Waals surface area contributed by atoms with Crippen LogP contribution in [0.3, 0.4) is 0 Å². The highest BCUT2D eigenvalue weighted by molar-refractivity contribution is 6.07. The van der Waals surface area contributed by atoms with Gasteiger partial charge in [0.1, 0.15) is 5.82 Å². The second kappa shape index (κ2) is 4.97. The van der Waals surface area contributed by atoms with Crippen molar-refractivity contribution in [3.63, 3.8) is 0 Å². The maximum Gasteiger partial charge on any atom is 0.259 e. The first kappa shape index (κ1) is 12.9. The van der Waals surface area contributed by atoms with Crippen LogP contribution in [0.25, 0.3) is 0 Å². The van der Waals surface area contributed by atoms with Crippen LogP contribution in [0.1, 0.15) is 15.9 Å². The van der Waals surface area contributed by atoms with Crippen molar-refractivity contribution < 1.29 is 14.3 Å². The van der Waals surface area contributed by atoms with Gasteiger partial charge in [-0.15, -0.1) is 0 Å². The fourth-order valence-electron chi connectivity index (χ4n) is 1.75. The number of nitrogen functional groups attached to an aromatic ring is 1. The van der Waals surface area contributed by atoms with Crippen molar-refractivity contribution in [2.75, 3.05) is 11.1 Å². The molecule has 0 saturated heterocycles. The summed E-state index contributed by atoms with van der Waals surface area (Å²) in [5, 5.41) is 12.2. The molecule has 0 atom stereocenters. The summed E-state index contributed by atoms with van der Waals surface area (Å²) in [6.45, 7) is 1.72. The van der Waals surface area contributed by atoms with Crippen LogP contribution in [0.15, 0.2) is 36.4 Å². The standard InChI is InChI=1S/C14H13FN2O2/c1-8-5-9(15)7-10(6-8)17-14(19)11-3-2-4-12(16)13(11)18/h2-7,18H,16H2,1H3,(H,17,19). The third-order valence-electron chi connectivity index (χ3n) is 2.61. The van der Waals surface area contributed by atoms with Crippen LogP contribution in [0, 0.1) is 12.7 Å². The van der Waals surface area contributed by atoms with Crippen molar-refractivity contribution in [3.8, 4) is 5.75 Å². The third kappa shape index (κ3) is 2.82. The molecular formula is C14H13FN2O2. The second-order valence-electron chi connectivity index (χ2n) is 4.21. The van der Waals surface area contributed by atoms with Gasteiger partial charge in [-0.3, -0.25) is 4.79 Å². The summed E-state index contributed by atoms with van der Waals surface area (Å²) < 4.78 is 13.2. The van der Waals surface area contributed by atoms with Gasteiger partial charge in [-0.1, -0.05) is 6.07 Å². The van der Waals surface area contributed by atoms with Gasteiger partial charge in [0.15, 0.2) is 5.75 Å². The zero-order valence-corrected chi connectivity index (χ0v) is 10.3. The highest BCUT2D eigenvalue weighted by Gasteiger charge is 2.13. The van der Waals surface area contributed by atoms with Crippen molar-refractivity contribution in [2.24, 2.45) is 0 Å². The van der Waals surface area contributed by atoms with Crippen molar-refractivity contribution in [1.82, 2.24) is 0 Å². The lowest BCUT2D eigenvalue weighted by Gasteiger charge is -2.09. The Morgan fingerprint density at radius 2 is 2.05 bits per heavy atom. The summed E-state index contributed by atoms with van der Waals surface area (Å²) in [5.74, 6) is -1.27. The number of aromatic hydroxyl groups is 1. The average Bonchev–Trinajstić information content (AvgIpc) is 2.31. The number of nitrogens with one attached hydrogen (secondary N) is 1. The smallest absolute Gasteiger partial charge is 0.259 e. The van der Waals surface area contributed by atoms with E-state index in [0.717, 1.165) is 0 Å². The monoisotopic (exact) mass is 260 g/mol. The maximum atomic E-state index is 13.2. The molecule has 0 fully saturated rings. The van der Waals surface area contributed by atoms with Crippen molar-refractivity contribution >= 4 is 17.3 Å². The van der Waals surface area contributed by atoms with Gasteiger partial charge in [0.25, 0.3) is 5.91 Å². The number of benzene rings is 2. The van der Waals surface area contributed by atoms with E-state index in [1.54, 1.807) is 19.1 Å². The number of aryl methyl sites for hydroxylation is 1. The van der Waals surface area contributed by atoms with Crippen molar-refractivity contribution in [2.45, 2.75) is 6.92 Å². The quantitative estimate of drug-likeness (QED) is 0.574. The lowest BCUT2D eigenvalue weighted by Crippen LogP contribution is -2.12. The topological polar surface area (TPSA) is 75.4 Å². The van der Waals surface area contributed by atoms with Gasteiger partial charge in [0.05, 0.1) is 11.3 Å².